The summed E-state index contributed by atoms with van der Waals surface area (Å²) in [5.74, 6) is 0.806. The summed E-state index contributed by atoms with van der Waals surface area (Å²) in [6, 6.07) is 24.4. The van der Waals surface area contributed by atoms with Gasteiger partial charge in [-0.15, -0.1) is 0 Å². The van der Waals surface area contributed by atoms with Crippen molar-refractivity contribution >= 4 is 11.6 Å². The van der Waals surface area contributed by atoms with Crippen LogP contribution in [0.5, 0.6) is 5.75 Å². The fourth-order valence-corrected chi connectivity index (χ4v) is 4.39. The number of likely N-dealkylation sites (N-methyl/N-ethyl adjacent to an activating group) is 1. The van der Waals surface area contributed by atoms with Crippen molar-refractivity contribution in [1.82, 2.24) is 9.91 Å². The number of hydrogen-bond acceptors (Lipinski definition) is 4. The van der Waals surface area contributed by atoms with Crippen molar-refractivity contribution in [2.24, 2.45) is 5.10 Å². The Morgan fingerprint density at radius 1 is 1.06 bits per heavy atom. The Kier molecular flexibility index (Phi) is 6.90. The highest BCUT2D eigenvalue weighted by atomic mass is 16.5. The molecule has 3 aromatic rings. The lowest BCUT2D eigenvalue weighted by molar-refractivity contribution is -0.134. The van der Waals surface area contributed by atoms with E-state index in [9.17, 15) is 4.79 Å². The molecule has 0 fully saturated rings. The molecule has 0 aromatic heterocycles. The van der Waals surface area contributed by atoms with Gasteiger partial charge >= 0.3 is 0 Å². The summed E-state index contributed by atoms with van der Waals surface area (Å²) in [6.07, 6.45) is 0.685. The van der Waals surface area contributed by atoms with E-state index in [1.807, 2.05) is 54.4 Å². The first-order valence-electron chi connectivity index (χ1n) is 11.3. The van der Waals surface area contributed by atoms with E-state index in [-0.39, 0.29) is 11.9 Å². The second-order valence-corrected chi connectivity index (χ2v) is 8.75. The highest BCUT2D eigenvalue weighted by molar-refractivity contribution is 6.03. The summed E-state index contributed by atoms with van der Waals surface area (Å²) in [6.45, 7) is 5.21. The molecule has 1 aliphatic rings. The van der Waals surface area contributed by atoms with Gasteiger partial charge in [0.1, 0.15) is 5.75 Å². The van der Waals surface area contributed by atoms with Crippen LogP contribution in [0.2, 0.25) is 0 Å². The van der Waals surface area contributed by atoms with Crippen LogP contribution in [-0.4, -0.2) is 42.2 Å². The SMILES string of the molecule is COc1ccc(C2=NN(C(=O)CN(C)Cc3ccccc3)C(c3ccc(C)cc3C)C2)cc1. The lowest BCUT2D eigenvalue weighted by Gasteiger charge is -2.26. The van der Waals surface area contributed by atoms with Crippen LogP contribution in [0.4, 0.5) is 0 Å². The Hall–Kier alpha value is -3.44. The molecule has 170 valence electrons. The molecular weight excluding hydrogens is 410 g/mol. The number of ether oxygens (including phenoxy) is 1. The van der Waals surface area contributed by atoms with Gasteiger partial charge in [0.2, 0.25) is 0 Å². The molecule has 0 aliphatic carbocycles. The number of benzene rings is 3. The second-order valence-electron chi connectivity index (χ2n) is 8.75. The first-order valence-corrected chi connectivity index (χ1v) is 11.3. The molecule has 4 rings (SSSR count). The predicted molar refractivity (Wildman–Crippen MR) is 132 cm³/mol. The smallest absolute Gasteiger partial charge is 0.257 e. The van der Waals surface area contributed by atoms with E-state index in [4.69, 9.17) is 9.84 Å². The lowest BCUT2D eigenvalue weighted by atomic mass is 9.94. The summed E-state index contributed by atoms with van der Waals surface area (Å²) in [4.78, 5) is 15.5. The first-order chi connectivity index (χ1) is 15.9. The van der Waals surface area contributed by atoms with E-state index >= 15 is 0 Å². The molecule has 33 heavy (non-hydrogen) atoms. The van der Waals surface area contributed by atoms with Gasteiger partial charge in [0.15, 0.2) is 0 Å². The molecule has 0 saturated carbocycles. The molecule has 1 aliphatic heterocycles. The van der Waals surface area contributed by atoms with Crippen LogP contribution in [0.25, 0.3) is 0 Å². The molecule has 1 heterocycles. The number of rotatable bonds is 7. The summed E-state index contributed by atoms with van der Waals surface area (Å²) in [7, 11) is 3.63. The van der Waals surface area contributed by atoms with E-state index < -0.39 is 0 Å². The first kappa shape index (κ1) is 22.7. The fourth-order valence-electron chi connectivity index (χ4n) is 4.39. The Morgan fingerprint density at radius 3 is 2.45 bits per heavy atom. The van der Waals surface area contributed by atoms with Crippen LogP contribution in [0, 0.1) is 13.8 Å². The van der Waals surface area contributed by atoms with Gasteiger partial charge in [0.25, 0.3) is 5.91 Å². The molecule has 0 radical (unpaired) electrons. The number of aryl methyl sites for hydroxylation is 2. The molecule has 5 heteroatoms. The Balaban J connectivity index is 1.59. The quantitative estimate of drug-likeness (QED) is 0.511. The van der Waals surface area contributed by atoms with E-state index in [1.165, 1.54) is 16.7 Å². The average Bonchev–Trinajstić information content (AvgIpc) is 3.25. The Bertz CT molecular complexity index is 1140. The molecule has 0 spiro atoms. The molecule has 1 amide bonds. The van der Waals surface area contributed by atoms with Crippen molar-refractivity contribution in [3.05, 3.63) is 101 Å². The second kappa shape index (κ2) is 10.0. The van der Waals surface area contributed by atoms with Crippen molar-refractivity contribution in [3.8, 4) is 5.75 Å². The van der Waals surface area contributed by atoms with Gasteiger partial charge in [0, 0.05) is 13.0 Å². The number of carbonyl (C=O) groups is 1. The predicted octanol–water partition coefficient (Wildman–Crippen LogP) is 5.12. The Labute approximate surface area is 196 Å². The normalized spacial score (nSPS) is 15.6. The molecule has 1 atom stereocenters. The zero-order chi connectivity index (χ0) is 23.4. The van der Waals surface area contributed by atoms with Crippen LogP contribution >= 0.6 is 0 Å². The number of hydrogen-bond donors (Lipinski definition) is 0. The fraction of sp³-hybridized carbons (Fsp3) is 0.286. The number of carbonyl (C=O) groups excluding carboxylic acids is 1. The van der Waals surface area contributed by atoms with Crippen LogP contribution in [0.1, 0.15) is 40.3 Å². The molecule has 0 saturated heterocycles. The third-order valence-corrected chi connectivity index (χ3v) is 6.07. The minimum absolute atomic E-state index is 0.00178. The van der Waals surface area contributed by atoms with Gasteiger partial charge in [-0.2, -0.15) is 5.10 Å². The number of methoxy groups -OCH3 is 1. The lowest BCUT2D eigenvalue weighted by Crippen LogP contribution is -2.36. The van der Waals surface area contributed by atoms with Crippen molar-refractivity contribution < 1.29 is 9.53 Å². The van der Waals surface area contributed by atoms with Gasteiger partial charge in [-0.3, -0.25) is 9.69 Å². The molecule has 0 N–H and O–H groups in total. The molecule has 1 unspecified atom stereocenters. The third kappa shape index (κ3) is 5.32. The Morgan fingerprint density at radius 2 is 1.79 bits per heavy atom. The number of hydrazone groups is 1. The van der Waals surface area contributed by atoms with Crippen molar-refractivity contribution in [3.63, 3.8) is 0 Å². The maximum absolute atomic E-state index is 13.4. The topological polar surface area (TPSA) is 45.1 Å². The van der Waals surface area contributed by atoms with Gasteiger partial charge in [-0.25, -0.2) is 5.01 Å². The van der Waals surface area contributed by atoms with Gasteiger partial charge in [0.05, 0.1) is 25.4 Å². The van der Waals surface area contributed by atoms with E-state index in [0.717, 1.165) is 22.6 Å². The summed E-state index contributed by atoms with van der Waals surface area (Å²) in [5, 5.41) is 6.52. The highest BCUT2D eigenvalue weighted by Gasteiger charge is 2.34. The minimum Gasteiger partial charge on any atom is -0.497 e. The molecule has 3 aromatic carbocycles. The van der Waals surface area contributed by atoms with Gasteiger partial charge in [-0.1, -0.05) is 54.1 Å². The largest absolute Gasteiger partial charge is 0.497 e. The van der Waals surface area contributed by atoms with Crippen LogP contribution < -0.4 is 4.74 Å². The third-order valence-electron chi connectivity index (χ3n) is 6.07. The summed E-state index contributed by atoms with van der Waals surface area (Å²) >= 11 is 0. The van der Waals surface area contributed by atoms with Crippen molar-refractivity contribution in [1.29, 1.82) is 0 Å². The van der Waals surface area contributed by atoms with Crippen LogP contribution in [0.3, 0.4) is 0 Å². The molecule has 0 bridgehead atoms. The van der Waals surface area contributed by atoms with E-state index in [0.29, 0.717) is 19.5 Å². The summed E-state index contributed by atoms with van der Waals surface area (Å²) in [5.41, 5.74) is 6.65. The van der Waals surface area contributed by atoms with Gasteiger partial charge < -0.3 is 4.74 Å². The molecule has 5 nitrogen and oxygen atoms in total. The van der Waals surface area contributed by atoms with Crippen molar-refractivity contribution in [2.75, 3.05) is 20.7 Å². The molecular formula is C28H31N3O2. The van der Waals surface area contributed by atoms with Crippen molar-refractivity contribution in [2.45, 2.75) is 32.9 Å². The van der Waals surface area contributed by atoms with E-state index in [2.05, 4.69) is 44.2 Å². The number of nitrogens with zero attached hydrogens (tertiary/aromatic N) is 3. The van der Waals surface area contributed by atoms with Crippen LogP contribution in [0.15, 0.2) is 77.9 Å². The summed E-state index contributed by atoms with van der Waals surface area (Å²) < 4.78 is 5.29. The van der Waals surface area contributed by atoms with E-state index in [1.54, 1.807) is 12.1 Å². The average molecular weight is 442 g/mol. The van der Waals surface area contributed by atoms with Gasteiger partial charge in [-0.05, 0) is 67.4 Å². The highest BCUT2D eigenvalue weighted by Crippen LogP contribution is 2.35. The maximum Gasteiger partial charge on any atom is 0.257 e. The number of amides is 1. The van der Waals surface area contributed by atoms with Crippen LogP contribution in [-0.2, 0) is 11.3 Å². The minimum atomic E-state index is -0.111. The zero-order valence-corrected chi connectivity index (χ0v) is 19.8. The zero-order valence-electron chi connectivity index (χ0n) is 19.8. The maximum atomic E-state index is 13.4. The standard InChI is InChI=1S/C28H31N3O2/c1-20-10-15-25(21(2)16-20)27-17-26(23-11-13-24(33-4)14-12-23)29-31(27)28(32)19-30(3)18-22-8-6-5-7-9-22/h5-16,27H,17-19H2,1-4H3. The monoisotopic (exact) mass is 441 g/mol.